The Kier molecular flexibility index (Phi) is 4.10. The van der Waals surface area contributed by atoms with Crippen LogP contribution in [0.4, 0.5) is 33.5 Å². The van der Waals surface area contributed by atoms with Gasteiger partial charge in [-0.15, -0.1) is 13.2 Å². The van der Waals surface area contributed by atoms with Crippen LogP contribution in [0.15, 0.2) is 42.6 Å². The van der Waals surface area contributed by atoms with Crippen LogP contribution in [-0.4, -0.2) is 16.3 Å². The van der Waals surface area contributed by atoms with Crippen LogP contribution in [0.1, 0.15) is 5.56 Å². The molecule has 4 nitrogen and oxygen atoms in total. The zero-order chi connectivity index (χ0) is 20.1. The van der Waals surface area contributed by atoms with Gasteiger partial charge in [0.1, 0.15) is 11.6 Å². The number of pyridine rings is 1. The highest BCUT2D eigenvalue weighted by Crippen LogP contribution is 2.31. The van der Waals surface area contributed by atoms with Gasteiger partial charge >= 0.3 is 6.36 Å². The highest BCUT2D eigenvalue weighted by molar-refractivity contribution is 5.94. The number of nitrogens with zero attached hydrogens (tertiary/aromatic N) is 1. The minimum absolute atomic E-state index is 0.293. The molecule has 4 rings (SSSR count). The summed E-state index contributed by atoms with van der Waals surface area (Å²) in [6.45, 7) is 1.78. The lowest BCUT2D eigenvalue weighted by Crippen LogP contribution is -2.17. The third-order valence-corrected chi connectivity index (χ3v) is 4.21. The third-order valence-electron chi connectivity index (χ3n) is 4.21. The summed E-state index contributed by atoms with van der Waals surface area (Å²) in [5, 5.41) is 4.05. The Morgan fingerprint density at radius 3 is 2.50 bits per heavy atom. The van der Waals surface area contributed by atoms with Gasteiger partial charge in [-0.1, -0.05) is 0 Å². The summed E-state index contributed by atoms with van der Waals surface area (Å²) >= 11 is 0. The fourth-order valence-electron chi connectivity index (χ4n) is 3.00. The SMILES string of the molecule is Cc1cc(Nc2c[nH]c3cc(F)c(F)cc23)nc2cc(OC(F)(F)F)ccc12. The molecule has 0 atom stereocenters. The van der Waals surface area contributed by atoms with Crippen LogP contribution >= 0.6 is 0 Å². The Hall–Kier alpha value is -3.36. The lowest BCUT2D eigenvalue weighted by atomic mass is 10.1. The highest BCUT2D eigenvalue weighted by atomic mass is 19.4. The number of rotatable bonds is 3. The van der Waals surface area contributed by atoms with Crippen molar-refractivity contribution in [2.75, 3.05) is 5.32 Å². The van der Waals surface area contributed by atoms with E-state index in [1.807, 2.05) is 0 Å². The van der Waals surface area contributed by atoms with Gasteiger partial charge in [0.05, 0.1) is 16.7 Å². The number of halogens is 5. The van der Waals surface area contributed by atoms with Crippen LogP contribution in [0.3, 0.4) is 0 Å². The number of benzene rings is 2. The fourth-order valence-corrected chi connectivity index (χ4v) is 3.00. The van der Waals surface area contributed by atoms with Crippen molar-refractivity contribution in [3.63, 3.8) is 0 Å². The Balaban J connectivity index is 1.73. The summed E-state index contributed by atoms with van der Waals surface area (Å²) < 4.78 is 68.2. The van der Waals surface area contributed by atoms with Gasteiger partial charge in [0.15, 0.2) is 11.6 Å². The predicted molar refractivity (Wildman–Crippen MR) is 94.7 cm³/mol. The first-order valence-electron chi connectivity index (χ1n) is 8.10. The number of nitrogens with one attached hydrogen (secondary N) is 2. The lowest BCUT2D eigenvalue weighted by Gasteiger charge is -2.12. The Bertz CT molecular complexity index is 1200. The lowest BCUT2D eigenvalue weighted by molar-refractivity contribution is -0.274. The maximum atomic E-state index is 13.6. The van der Waals surface area contributed by atoms with E-state index in [4.69, 9.17) is 0 Å². The average Bonchev–Trinajstić information content (AvgIpc) is 2.95. The van der Waals surface area contributed by atoms with Gasteiger partial charge in [-0.05, 0) is 36.8 Å². The van der Waals surface area contributed by atoms with Crippen molar-refractivity contribution in [3.8, 4) is 5.75 Å². The molecule has 0 aliphatic heterocycles. The first kappa shape index (κ1) is 18.0. The van der Waals surface area contributed by atoms with Crippen LogP contribution in [0, 0.1) is 18.6 Å². The number of ether oxygens (including phenoxy) is 1. The molecule has 2 N–H and O–H groups in total. The molecule has 0 radical (unpaired) electrons. The molecule has 2 aromatic heterocycles. The number of alkyl halides is 3. The largest absolute Gasteiger partial charge is 0.573 e. The summed E-state index contributed by atoms with van der Waals surface area (Å²) in [7, 11) is 0. The molecule has 28 heavy (non-hydrogen) atoms. The van der Waals surface area contributed by atoms with Gasteiger partial charge in [-0.25, -0.2) is 13.8 Å². The number of hydrogen-bond donors (Lipinski definition) is 2. The number of aryl methyl sites for hydroxylation is 1. The van der Waals surface area contributed by atoms with E-state index in [1.165, 1.54) is 24.4 Å². The van der Waals surface area contributed by atoms with E-state index in [0.29, 0.717) is 33.3 Å². The predicted octanol–water partition coefficient (Wildman–Crippen LogP) is 5.94. The van der Waals surface area contributed by atoms with Gasteiger partial charge in [-0.3, -0.25) is 0 Å². The number of hydrogen-bond acceptors (Lipinski definition) is 3. The molecule has 0 saturated heterocycles. The van der Waals surface area contributed by atoms with Crippen LogP contribution in [0.25, 0.3) is 21.8 Å². The molecular weight excluding hydrogens is 381 g/mol. The number of fused-ring (bicyclic) bond motifs is 2. The molecule has 0 saturated carbocycles. The molecule has 0 spiro atoms. The van der Waals surface area contributed by atoms with Gasteiger partial charge < -0.3 is 15.0 Å². The summed E-state index contributed by atoms with van der Waals surface area (Å²) in [6, 6.07) is 7.68. The average molecular weight is 393 g/mol. The maximum Gasteiger partial charge on any atom is 0.573 e. The van der Waals surface area contributed by atoms with Crippen LogP contribution in [0.2, 0.25) is 0 Å². The summed E-state index contributed by atoms with van der Waals surface area (Å²) in [6.07, 6.45) is -3.28. The van der Waals surface area contributed by atoms with Crippen molar-refractivity contribution in [1.29, 1.82) is 0 Å². The Morgan fingerprint density at radius 1 is 1.00 bits per heavy atom. The smallest absolute Gasteiger partial charge is 0.406 e. The molecule has 0 aliphatic carbocycles. The number of H-pyrrole nitrogens is 1. The quantitative estimate of drug-likeness (QED) is 0.423. The van der Waals surface area contributed by atoms with Crippen LogP contribution in [0.5, 0.6) is 5.75 Å². The molecule has 0 amide bonds. The van der Waals surface area contributed by atoms with Crippen molar-refractivity contribution in [2.24, 2.45) is 0 Å². The number of aromatic nitrogens is 2. The first-order chi connectivity index (χ1) is 13.2. The summed E-state index contributed by atoms with van der Waals surface area (Å²) in [5.41, 5.74) is 1.90. The summed E-state index contributed by atoms with van der Waals surface area (Å²) in [5.74, 6) is -2.02. The molecule has 2 aromatic carbocycles. The van der Waals surface area contributed by atoms with Gasteiger partial charge in [-0.2, -0.15) is 0 Å². The van der Waals surface area contributed by atoms with E-state index in [9.17, 15) is 22.0 Å². The van der Waals surface area contributed by atoms with E-state index < -0.39 is 18.0 Å². The third kappa shape index (κ3) is 3.42. The zero-order valence-electron chi connectivity index (χ0n) is 14.3. The van der Waals surface area contributed by atoms with E-state index in [0.717, 1.165) is 17.7 Å². The second kappa shape index (κ2) is 6.36. The minimum Gasteiger partial charge on any atom is -0.406 e. The first-order valence-corrected chi connectivity index (χ1v) is 8.10. The molecule has 0 fully saturated rings. The standard InChI is InChI=1S/C19H12F5N3O/c1-9-4-18(26-16-5-10(2-3-11(9)16)28-19(22,23)24)27-17-8-25-15-7-14(21)13(20)6-12(15)17/h2-8,25H,1H3,(H,26,27). The monoisotopic (exact) mass is 393 g/mol. The normalized spacial score (nSPS) is 11.9. The van der Waals surface area contributed by atoms with Gasteiger partial charge in [0.25, 0.3) is 0 Å². The highest BCUT2D eigenvalue weighted by Gasteiger charge is 2.31. The number of aromatic amines is 1. The van der Waals surface area contributed by atoms with E-state index >= 15 is 0 Å². The summed E-state index contributed by atoms with van der Waals surface area (Å²) in [4.78, 5) is 7.13. The molecule has 0 unspecified atom stereocenters. The maximum absolute atomic E-state index is 13.6. The molecule has 4 aromatic rings. The second-order valence-corrected chi connectivity index (χ2v) is 6.19. The van der Waals surface area contributed by atoms with Crippen molar-refractivity contribution in [3.05, 3.63) is 59.8 Å². The van der Waals surface area contributed by atoms with Crippen molar-refractivity contribution >= 4 is 33.3 Å². The van der Waals surface area contributed by atoms with Crippen molar-refractivity contribution in [2.45, 2.75) is 13.3 Å². The van der Waals surface area contributed by atoms with Gasteiger partial charge in [0.2, 0.25) is 0 Å². The topological polar surface area (TPSA) is 49.9 Å². The Labute approximate surface area is 155 Å². The van der Waals surface area contributed by atoms with E-state index in [2.05, 4.69) is 20.0 Å². The van der Waals surface area contributed by atoms with Crippen LogP contribution in [-0.2, 0) is 0 Å². The van der Waals surface area contributed by atoms with Crippen molar-refractivity contribution in [1.82, 2.24) is 9.97 Å². The van der Waals surface area contributed by atoms with Gasteiger partial charge in [0, 0.05) is 29.1 Å². The fraction of sp³-hybridized carbons (Fsp3) is 0.105. The zero-order valence-corrected chi connectivity index (χ0v) is 14.3. The number of anilines is 2. The molecule has 2 heterocycles. The van der Waals surface area contributed by atoms with E-state index in [-0.39, 0.29) is 5.75 Å². The van der Waals surface area contributed by atoms with Crippen LogP contribution < -0.4 is 10.1 Å². The minimum atomic E-state index is -4.80. The molecule has 9 heteroatoms. The molecule has 0 bridgehead atoms. The second-order valence-electron chi connectivity index (χ2n) is 6.19. The molecule has 144 valence electrons. The van der Waals surface area contributed by atoms with Crippen molar-refractivity contribution < 1.29 is 26.7 Å². The molecule has 0 aliphatic rings. The molecular formula is C19H12F5N3O. The van der Waals surface area contributed by atoms with E-state index in [1.54, 1.807) is 13.0 Å². The Morgan fingerprint density at radius 2 is 1.75 bits per heavy atom.